The van der Waals surface area contributed by atoms with Crippen LogP contribution in [0.4, 0.5) is 0 Å². The number of benzene rings is 1. The summed E-state index contributed by atoms with van der Waals surface area (Å²) in [6.45, 7) is 4.80. The Morgan fingerprint density at radius 1 is 1.33 bits per heavy atom. The van der Waals surface area contributed by atoms with E-state index in [2.05, 4.69) is 26.2 Å². The third-order valence-electron chi connectivity index (χ3n) is 2.84. The van der Waals surface area contributed by atoms with Crippen LogP contribution in [-0.2, 0) is 11.3 Å². The van der Waals surface area contributed by atoms with Gasteiger partial charge in [0.2, 0.25) is 0 Å². The summed E-state index contributed by atoms with van der Waals surface area (Å²) < 4.78 is 13.2. The van der Waals surface area contributed by atoms with Crippen molar-refractivity contribution >= 4 is 21.9 Å². The van der Waals surface area contributed by atoms with E-state index in [4.69, 9.17) is 9.47 Å². The molecule has 1 aromatic carbocycles. The van der Waals surface area contributed by atoms with Crippen LogP contribution in [0.1, 0.15) is 23.1 Å². The van der Waals surface area contributed by atoms with Crippen LogP contribution in [0.25, 0.3) is 0 Å². The summed E-state index contributed by atoms with van der Waals surface area (Å²) in [6.07, 6.45) is 0. The molecule has 7 heteroatoms. The molecule has 0 N–H and O–H groups in total. The Morgan fingerprint density at radius 3 is 2.71 bits per heavy atom. The number of rotatable bonds is 6. The van der Waals surface area contributed by atoms with Gasteiger partial charge in [-0.05, 0) is 38.1 Å². The van der Waals surface area contributed by atoms with Gasteiger partial charge in [0.1, 0.15) is 12.4 Å². The standard InChI is InChI=1S/C14H16BrN3O3/c1-3-20-14(19)13-10(2)18(17-16-13)8-9-21-12-6-4-11(15)5-7-12/h4-7H,3,8-9H2,1-2H3. The van der Waals surface area contributed by atoms with Gasteiger partial charge in [-0.2, -0.15) is 0 Å². The molecule has 21 heavy (non-hydrogen) atoms. The number of ether oxygens (including phenoxy) is 2. The summed E-state index contributed by atoms with van der Waals surface area (Å²) >= 11 is 3.37. The van der Waals surface area contributed by atoms with Gasteiger partial charge in [0.05, 0.1) is 18.8 Å². The van der Waals surface area contributed by atoms with Gasteiger partial charge in [-0.15, -0.1) is 5.10 Å². The van der Waals surface area contributed by atoms with Gasteiger partial charge in [-0.3, -0.25) is 0 Å². The molecule has 0 aliphatic carbocycles. The number of hydrogen-bond acceptors (Lipinski definition) is 5. The Bertz CT molecular complexity index is 610. The van der Waals surface area contributed by atoms with E-state index in [0.29, 0.717) is 25.5 Å². The maximum absolute atomic E-state index is 11.6. The van der Waals surface area contributed by atoms with Crippen molar-refractivity contribution in [3.05, 3.63) is 40.1 Å². The van der Waals surface area contributed by atoms with Gasteiger partial charge in [-0.1, -0.05) is 21.1 Å². The molecule has 0 aliphatic rings. The molecule has 0 saturated heterocycles. The Balaban J connectivity index is 1.92. The molecule has 0 bridgehead atoms. The number of halogens is 1. The van der Waals surface area contributed by atoms with Crippen molar-refractivity contribution in [2.75, 3.05) is 13.2 Å². The molecule has 0 atom stereocenters. The maximum atomic E-state index is 11.6. The number of carbonyl (C=O) groups excluding carboxylic acids is 1. The molecule has 2 rings (SSSR count). The zero-order valence-electron chi connectivity index (χ0n) is 11.9. The van der Waals surface area contributed by atoms with Crippen LogP contribution in [0.15, 0.2) is 28.7 Å². The summed E-state index contributed by atoms with van der Waals surface area (Å²) in [5, 5.41) is 7.79. The zero-order chi connectivity index (χ0) is 15.2. The molecule has 112 valence electrons. The molecule has 2 aromatic rings. The van der Waals surface area contributed by atoms with Gasteiger partial charge < -0.3 is 9.47 Å². The number of esters is 1. The van der Waals surface area contributed by atoms with Crippen LogP contribution in [0.2, 0.25) is 0 Å². The predicted molar refractivity (Wildman–Crippen MR) is 80.4 cm³/mol. The van der Waals surface area contributed by atoms with E-state index in [-0.39, 0.29) is 5.69 Å². The first-order valence-electron chi connectivity index (χ1n) is 6.57. The first-order chi connectivity index (χ1) is 10.1. The van der Waals surface area contributed by atoms with Crippen LogP contribution in [0, 0.1) is 6.92 Å². The van der Waals surface area contributed by atoms with Crippen LogP contribution in [-0.4, -0.2) is 34.2 Å². The van der Waals surface area contributed by atoms with Crippen molar-refractivity contribution in [1.29, 1.82) is 0 Å². The van der Waals surface area contributed by atoms with Crippen molar-refractivity contribution in [3.63, 3.8) is 0 Å². The highest BCUT2D eigenvalue weighted by Crippen LogP contribution is 2.16. The normalized spacial score (nSPS) is 10.4. The minimum Gasteiger partial charge on any atom is -0.492 e. The largest absolute Gasteiger partial charge is 0.492 e. The third kappa shape index (κ3) is 4.04. The van der Waals surface area contributed by atoms with E-state index >= 15 is 0 Å². The van der Waals surface area contributed by atoms with Gasteiger partial charge in [-0.25, -0.2) is 9.48 Å². The highest BCUT2D eigenvalue weighted by atomic mass is 79.9. The molecular weight excluding hydrogens is 338 g/mol. The number of hydrogen-bond donors (Lipinski definition) is 0. The first-order valence-corrected chi connectivity index (χ1v) is 7.36. The first kappa shape index (κ1) is 15.5. The van der Waals surface area contributed by atoms with Crippen LogP contribution in [0.5, 0.6) is 5.75 Å². The molecule has 0 radical (unpaired) electrons. The number of nitrogens with zero attached hydrogens (tertiary/aromatic N) is 3. The number of carbonyl (C=O) groups is 1. The quantitative estimate of drug-likeness (QED) is 0.746. The molecule has 1 heterocycles. The zero-order valence-corrected chi connectivity index (χ0v) is 13.5. The predicted octanol–water partition coefficient (Wildman–Crippen LogP) is 2.60. The molecule has 0 aliphatic heterocycles. The van der Waals surface area contributed by atoms with Gasteiger partial charge >= 0.3 is 5.97 Å². The number of aromatic nitrogens is 3. The average Bonchev–Trinajstić information content (AvgIpc) is 2.83. The summed E-state index contributed by atoms with van der Waals surface area (Å²) in [7, 11) is 0. The molecule has 6 nitrogen and oxygen atoms in total. The highest BCUT2D eigenvalue weighted by molar-refractivity contribution is 9.10. The van der Waals surface area contributed by atoms with E-state index in [1.807, 2.05) is 24.3 Å². The summed E-state index contributed by atoms with van der Waals surface area (Å²) in [4.78, 5) is 11.6. The monoisotopic (exact) mass is 353 g/mol. The molecule has 0 unspecified atom stereocenters. The lowest BCUT2D eigenvalue weighted by Gasteiger charge is -2.07. The van der Waals surface area contributed by atoms with Gasteiger partial charge in [0, 0.05) is 4.47 Å². The Labute approximate surface area is 131 Å². The van der Waals surface area contributed by atoms with E-state index in [9.17, 15) is 4.79 Å². The Kier molecular flexibility index (Phi) is 5.32. The lowest BCUT2D eigenvalue weighted by molar-refractivity contribution is 0.0518. The second kappa shape index (κ2) is 7.21. The van der Waals surface area contributed by atoms with Crippen molar-refractivity contribution in [1.82, 2.24) is 15.0 Å². The SMILES string of the molecule is CCOC(=O)c1nnn(CCOc2ccc(Br)cc2)c1C. The molecule has 1 aromatic heterocycles. The summed E-state index contributed by atoms with van der Waals surface area (Å²) in [5.41, 5.74) is 0.924. The highest BCUT2D eigenvalue weighted by Gasteiger charge is 2.17. The van der Waals surface area contributed by atoms with Crippen molar-refractivity contribution in [2.24, 2.45) is 0 Å². The fourth-order valence-electron chi connectivity index (χ4n) is 1.74. The molecule has 0 amide bonds. The van der Waals surface area contributed by atoms with Crippen molar-refractivity contribution in [2.45, 2.75) is 20.4 Å². The Morgan fingerprint density at radius 2 is 2.05 bits per heavy atom. The molecule has 0 spiro atoms. The minimum atomic E-state index is -0.449. The molecular formula is C14H16BrN3O3. The minimum absolute atomic E-state index is 0.250. The van der Waals surface area contributed by atoms with Crippen molar-refractivity contribution < 1.29 is 14.3 Å². The lowest BCUT2D eigenvalue weighted by atomic mass is 10.3. The van der Waals surface area contributed by atoms with Crippen LogP contribution in [0.3, 0.4) is 0 Å². The smallest absolute Gasteiger partial charge is 0.360 e. The Hall–Kier alpha value is -1.89. The van der Waals surface area contributed by atoms with Gasteiger partial charge in [0.15, 0.2) is 5.69 Å². The van der Waals surface area contributed by atoms with E-state index < -0.39 is 5.97 Å². The topological polar surface area (TPSA) is 66.2 Å². The average molecular weight is 354 g/mol. The molecule has 0 fully saturated rings. The summed E-state index contributed by atoms with van der Waals surface area (Å²) in [5.74, 6) is 0.330. The van der Waals surface area contributed by atoms with Crippen LogP contribution >= 0.6 is 15.9 Å². The fraction of sp³-hybridized carbons (Fsp3) is 0.357. The van der Waals surface area contributed by atoms with Crippen molar-refractivity contribution in [3.8, 4) is 5.75 Å². The fourth-order valence-corrected chi connectivity index (χ4v) is 2.01. The van der Waals surface area contributed by atoms with E-state index in [1.165, 1.54) is 0 Å². The lowest BCUT2D eigenvalue weighted by Crippen LogP contribution is -2.12. The second-order valence-electron chi connectivity index (χ2n) is 4.27. The van der Waals surface area contributed by atoms with Crippen LogP contribution < -0.4 is 4.74 Å². The van der Waals surface area contributed by atoms with E-state index in [1.54, 1.807) is 18.5 Å². The second-order valence-corrected chi connectivity index (χ2v) is 5.19. The maximum Gasteiger partial charge on any atom is 0.360 e. The summed E-state index contributed by atoms with van der Waals surface area (Å²) in [6, 6.07) is 7.58. The third-order valence-corrected chi connectivity index (χ3v) is 3.37. The van der Waals surface area contributed by atoms with Gasteiger partial charge in [0.25, 0.3) is 0 Å². The van der Waals surface area contributed by atoms with E-state index in [0.717, 1.165) is 10.2 Å². The molecule has 0 saturated carbocycles.